The van der Waals surface area contributed by atoms with Crippen molar-refractivity contribution < 1.29 is 43.3 Å². The molecule has 0 aromatic heterocycles. The number of benzene rings is 10. The Labute approximate surface area is 546 Å². The van der Waals surface area contributed by atoms with Gasteiger partial charge in [-0.2, -0.15) is 0 Å². The lowest BCUT2D eigenvalue weighted by molar-refractivity contribution is -0.176. The minimum absolute atomic E-state index is 0. The van der Waals surface area contributed by atoms with Gasteiger partial charge in [0.15, 0.2) is 14.3 Å². The predicted octanol–water partition coefficient (Wildman–Crippen LogP) is 15.3. The maximum Gasteiger partial charge on any atom is 0.174 e. The van der Waals surface area contributed by atoms with E-state index in [1.54, 1.807) is 0 Å². The first-order valence-corrected chi connectivity index (χ1v) is 39.9. The Hall–Kier alpha value is -7.02. The Bertz CT molecular complexity index is 3490. The molecule has 4 heterocycles. The minimum atomic E-state index is -3.35. The van der Waals surface area contributed by atoms with Crippen LogP contribution in [0.3, 0.4) is 0 Å². The molecule has 2 fully saturated rings. The van der Waals surface area contributed by atoms with Gasteiger partial charge in [0.2, 0.25) is 0 Å². The second-order valence-corrected chi connectivity index (χ2v) is 36.7. The number of rotatable bonds is 8. The highest BCUT2D eigenvalue weighted by Gasteiger charge is 2.45. The summed E-state index contributed by atoms with van der Waals surface area (Å²) in [5.41, 5.74) is 0. The first-order chi connectivity index (χ1) is 42.9. The second-order valence-electron chi connectivity index (χ2n) is 21.8. The molecule has 14 rings (SSSR count). The summed E-state index contributed by atoms with van der Waals surface area (Å²) < 4.78 is 59.7. The van der Waals surface area contributed by atoms with Crippen LogP contribution in [-0.2, 0) is 18.6 Å². The molecule has 0 bridgehead atoms. The van der Waals surface area contributed by atoms with E-state index in [0.29, 0.717) is 22.1 Å². The van der Waals surface area contributed by atoms with Crippen molar-refractivity contribution in [2.24, 2.45) is 0 Å². The van der Waals surface area contributed by atoms with Crippen molar-refractivity contribution in [3.05, 3.63) is 267 Å². The third-order valence-corrected chi connectivity index (χ3v) is 28.6. The van der Waals surface area contributed by atoms with E-state index in [1.165, 1.54) is 36.1 Å². The molecule has 0 aliphatic carbocycles. The Morgan fingerprint density at radius 2 is 0.633 bits per heavy atom. The van der Waals surface area contributed by atoms with E-state index in [0.717, 1.165) is 81.0 Å². The molecule has 16 heteroatoms. The lowest BCUT2D eigenvalue weighted by Gasteiger charge is -2.37. The smallest absolute Gasteiger partial charge is 0.174 e. The number of fused-ring (bicyclic) bond motifs is 4. The average Bonchev–Trinajstić information content (AvgIpc) is 0.790. The van der Waals surface area contributed by atoms with Gasteiger partial charge in [-0.3, -0.25) is 10.5 Å². The topological polar surface area (TPSA) is 121 Å². The number of hydrogen-bond acceptors (Lipinski definition) is 9. The molecule has 465 valence electrons. The van der Waals surface area contributed by atoms with Crippen LogP contribution in [0.2, 0.25) is 26.2 Å². The van der Waals surface area contributed by atoms with Crippen molar-refractivity contribution in [3.8, 4) is 34.5 Å². The van der Waals surface area contributed by atoms with Crippen LogP contribution < -0.4 is 66.8 Å². The summed E-state index contributed by atoms with van der Waals surface area (Å²) in [6, 6.07) is 87.3. The zero-order valence-electron chi connectivity index (χ0n) is 50.7. The first-order valence-electron chi connectivity index (χ1n) is 29.4. The van der Waals surface area contributed by atoms with Crippen LogP contribution in [0.1, 0.15) is 33.1 Å². The van der Waals surface area contributed by atoms with Crippen molar-refractivity contribution in [3.63, 3.8) is 0 Å². The summed E-state index contributed by atoms with van der Waals surface area (Å²) in [7, 11) is -10.7. The summed E-state index contributed by atoms with van der Waals surface area (Å²) in [6.45, 7) is 13.4. The molecule has 2 N–H and O–H groups in total. The monoisotopic (exact) mass is 1310 g/mol. The van der Waals surface area contributed by atoms with Gasteiger partial charge in [-0.1, -0.05) is 252 Å². The number of ether oxygens (including phenoxy) is 5. The third kappa shape index (κ3) is 17.3. The fourth-order valence-corrected chi connectivity index (χ4v) is 22.4. The normalized spacial score (nSPS) is 13.9. The van der Waals surface area contributed by atoms with Crippen LogP contribution in [0.25, 0.3) is 0 Å². The molecule has 3 radical (unpaired) electrons. The fraction of sp³-hybridized carbons (Fsp3) is 0.189. The molecular formula is C74H80BCl2O9P2Si2. The van der Waals surface area contributed by atoms with Gasteiger partial charge >= 0.3 is 0 Å². The van der Waals surface area contributed by atoms with Crippen molar-refractivity contribution in [1.29, 1.82) is 0 Å². The standard InChI is InChI=1S/C38H32O3P2Si.C14H14OSi.C12H10O.2C4H8O.CH2Cl2.CH4.B.H2O2/c1-44(2)35-27-15-25-33(42(39,29-17-7-3-8-18-29)30-19-9-4-10-20-30)37(35)41-38-34(26-16-28-36(38)44)43(40,31-21-11-5-12-22-31)32-23-13-6-14-24-32;1-16(2)13-9-5-3-7-11(13)15-12-8-4-6-10-14(12)16;1-3-7-11(8-4-1)13-12-9-5-2-6-10-12;2*1-2-4-5-3-1;2-1-3;;;1-2/h3-28H,1-2H3;3-10H,1-2H3;1-10H;2*1-4H2;1H2;1H4;;1-2H. The molecule has 2 saturated heterocycles. The molecular weight excluding hydrogens is 1230 g/mol. The van der Waals surface area contributed by atoms with E-state index in [-0.39, 0.29) is 21.2 Å². The van der Waals surface area contributed by atoms with Crippen LogP contribution in [0.15, 0.2) is 267 Å². The summed E-state index contributed by atoms with van der Waals surface area (Å²) in [6.07, 6.45) is 5.11. The van der Waals surface area contributed by atoms with Gasteiger partial charge in [-0.05, 0) is 95.0 Å². The Morgan fingerprint density at radius 3 is 0.922 bits per heavy atom. The zero-order valence-corrected chi connectivity index (χ0v) is 56.0. The lowest BCUT2D eigenvalue weighted by atomic mass is 10.3. The van der Waals surface area contributed by atoms with Crippen LogP contribution in [0.5, 0.6) is 34.5 Å². The summed E-state index contributed by atoms with van der Waals surface area (Å²) in [4.78, 5) is 0. The molecule has 4 aliphatic heterocycles. The Balaban J connectivity index is 0.000000226. The SMILES string of the molecule is C.C1CCOC1.C1CCOC1.C[Si]1(C)c2cccc(P(=O)(c3ccccc3)c3ccccc3)c2Oc2c1cccc2P(=O)(c1ccccc1)c1ccccc1.C[Si]1(C)c2ccccc2Oc2ccccc21.ClCCl.OO.[B].c1ccc(Oc2ccccc2)cc1. The molecule has 9 nitrogen and oxygen atoms in total. The molecule has 0 saturated carbocycles. The van der Waals surface area contributed by atoms with Gasteiger partial charge in [0.25, 0.3) is 0 Å². The van der Waals surface area contributed by atoms with Gasteiger partial charge in [-0.15, -0.1) is 23.2 Å². The largest absolute Gasteiger partial charge is 0.458 e. The van der Waals surface area contributed by atoms with E-state index in [9.17, 15) is 0 Å². The lowest BCUT2D eigenvalue weighted by Crippen LogP contribution is -2.58. The van der Waals surface area contributed by atoms with E-state index in [1.807, 2.05) is 218 Å². The molecule has 10 aromatic rings. The molecule has 10 aromatic carbocycles. The van der Waals surface area contributed by atoms with Crippen LogP contribution >= 0.6 is 37.5 Å². The van der Waals surface area contributed by atoms with Crippen molar-refractivity contribution in [1.82, 2.24) is 0 Å². The van der Waals surface area contributed by atoms with Gasteiger partial charge in [0, 0.05) is 56.1 Å². The van der Waals surface area contributed by atoms with Crippen LogP contribution in [0, 0.1) is 0 Å². The van der Waals surface area contributed by atoms with Gasteiger partial charge in [0.05, 0.1) is 15.9 Å². The van der Waals surface area contributed by atoms with Crippen molar-refractivity contribution in [2.45, 2.75) is 59.3 Å². The quantitative estimate of drug-likeness (QED) is 0.0504. The molecule has 0 spiro atoms. The Morgan fingerprint density at radius 1 is 0.378 bits per heavy atom. The molecule has 90 heavy (non-hydrogen) atoms. The van der Waals surface area contributed by atoms with Gasteiger partial charge in [0.1, 0.15) is 50.6 Å². The Kier molecular flexibility index (Phi) is 28.5. The number of hydrogen-bond donors (Lipinski definition) is 2. The maximum absolute atomic E-state index is 15.6. The van der Waals surface area contributed by atoms with Crippen molar-refractivity contribution in [2.75, 3.05) is 31.8 Å². The number of halogens is 2. The minimum Gasteiger partial charge on any atom is -0.458 e. The molecule has 0 atom stereocenters. The fourth-order valence-electron chi connectivity index (χ4n) is 10.9. The van der Waals surface area contributed by atoms with E-state index in [4.69, 9.17) is 57.4 Å². The van der Waals surface area contributed by atoms with E-state index in [2.05, 4.69) is 74.7 Å². The van der Waals surface area contributed by atoms with Crippen LogP contribution in [0.4, 0.5) is 0 Å². The molecule has 0 unspecified atom stereocenters. The first kappa shape index (κ1) is 72.0. The van der Waals surface area contributed by atoms with Gasteiger partial charge in [-0.25, -0.2) is 0 Å². The van der Waals surface area contributed by atoms with Crippen LogP contribution in [-0.4, -0.2) is 66.8 Å². The van der Waals surface area contributed by atoms with Crippen molar-refractivity contribution >= 4 is 115 Å². The van der Waals surface area contributed by atoms with E-state index >= 15 is 9.13 Å². The molecule has 4 aliphatic rings. The average molecular weight is 1310 g/mol. The van der Waals surface area contributed by atoms with E-state index < -0.39 is 30.4 Å². The van der Waals surface area contributed by atoms with Gasteiger partial charge < -0.3 is 32.8 Å². The number of alkyl halides is 2. The molecule has 0 amide bonds. The summed E-state index contributed by atoms with van der Waals surface area (Å²) in [5, 5.41) is 21.5. The maximum atomic E-state index is 15.6. The third-order valence-electron chi connectivity index (χ3n) is 15.4. The summed E-state index contributed by atoms with van der Waals surface area (Å²) in [5.74, 6) is 5.08. The highest BCUT2D eigenvalue weighted by molar-refractivity contribution is 7.86. The summed E-state index contributed by atoms with van der Waals surface area (Å²) >= 11 is 9.53. The second kappa shape index (κ2) is 35.5. The zero-order chi connectivity index (χ0) is 62.2. The number of para-hydroxylation sites is 6. The highest BCUT2D eigenvalue weighted by Crippen LogP contribution is 2.49. The predicted molar refractivity (Wildman–Crippen MR) is 386 cm³/mol. The highest BCUT2D eigenvalue weighted by atomic mass is 35.5.